The van der Waals surface area contributed by atoms with Gasteiger partial charge in [0.05, 0.1) is 15.5 Å². The number of nitrogens with zero attached hydrogens (tertiary/aromatic N) is 1. The number of halogens is 2. The zero-order chi connectivity index (χ0) is 20.3. The molecular weight excluding hydrogens is 388 g/mol. The largest absolute Gasteiger partial charge is 0.370 e. The van der Waals surface area contributed by atoms with E-state index in [0.717, 1.165) is 50.4 Å². The first-order valence-electron chi connectivity index (χ1n) is 8.86. The number of carbonyl (C=O) groups is 1. The van der Waals surface area contributed by atoms with Crippen LogP contribution in [0.25, 0.3) is 0 Å². The van der Waals surface area contributed by atoms with Crippen molar-refractivity contribution < 1.29 is 22.0 Å². The highest BCUT2D eigenvalue weighted by molar-refractivity contribution is 7.91. The van der Waals surface area contributed by atoms with Gasteiger partial charge in [0.1, 0.15) is 0 Å². The summed E-state index contributed by atoms with van der Waals surface area (Å²) in [6.07, 6.45) is 0.935. The van der Waals surface area contributed by atoms with Crippen molar-refractivity contribution in [1.82, 2.24) is 5.32 Å². The predicted molar refractivity (Wildman–Crippen MR) is 102 cm³/mol. The Bertz CT molecular complexity index is 988. The molecule has 0 saturated carbocycles. The SMILES string of the molecule is CC(=O)Nc1cc(N2CCCNCC2)ccc1S(=O)(=O)c1ccc(F)c(F)c1. The van der Waals surface area contributed by atoms with E-state index in [9.17, 15) is 22.0 Å². The van der Waals surface area contributed by atoms with Gasteiger partial charge in [0.2, 0.25) is 15.7 Å². The van der Waals surface area contributed by atoms with Gasteiger partial charge in [-0.25, -0.2) is 17.2 Å². The molecule has 0 atom stereocenters. The minimum absolute atomic E-state index is 0.104. The Kier molecular flexibility index (Phi) is 5.95. The van der Waals surface area contributed by atoms with Crippen LogP contribution in [0.15, 0.2) is 46.2 Å². The molecule has 1 aliphatic heterocycles. The van der Waals surface area contributed by atoms with Gasteiger partial charge >= 0.3 is 0 Å². The van der Waals surface area contributed by atoms with Crippen LogP contribution in [0, 0.1) is 11.6 Å². The maximum absolute atomic E-state index is 13.6. The van der Waals surface area contributed by atoms with Crippen molar-refractivity contribution in [3.8, 4) is 0 Å². The van der Waals surface area contributed by atoms with Crippen molar-refractivity contribution in [1.29, 1.82) is 0 Å². The van der Waals surface area contributed by atoms with Crippen molar-refractivity contribution in [3.05, 3.63) is 48.0 Å². The van der Waals surface area contributed by atoms with Gasteiger partial charge in [0.15, 0.2) is 11.6 Å². The van der Waals surface area contributed by atoms with E-state index in [1.807, 2.05) is 0 Å². The number of sulfone groups is 1. The fourth-order valence-corrected chi connectivity index (χ4v) is 4.52. The van der Waals surface area contributed by atoms with Gasteiger partial charge in [0, 0.05) is 32.2 Å². The van der Waals surface area contributed by atoms with Crippen molar-refractivity contribution in [2.75, 3.05) is 36.4 Å². The molecule has 0 aliphatic carbocycles. The fraction of sp³-hybridized carbons (Fsp3) is 0.316. The van der Waals surface area contributed by atoms with Gasteiger partial charge in [-0.1, -0.05) is 0 Å². The van der Waals surface area contributed by atoms with Crippen LogP contribution in [0.1, 0.15) is 13.3 Å². The zero-order valence-corrected chi connectivity index (χ0v) is 16.2. The van der Waals surface area contributed by atoms with Gasteiger partial charge in [-0.15, -0.1) is 0 Å². The van der Waals surface area contributed by atoms with Gasteiger partial charge in [-0.05, 0) is 49.4 Å². The summed E-state index contributed by atoms with van der Waals surface area (Å²) in [7, 11) is -4.16. The standard InChI is InChI=1S/C19H21F2N3O3S/c1-13(25)23-18-11-14(24-9-2-7-22-8-10-24)3-6-19(18)28(26,27)15-4-5-16(20)17(21)12-15/h3-6,11-12,22H,2,7-10H2,1H3,(H,23,25). The van der Waals surface area contributed by atoms with Crippen LogP contribution >= 0.6 is 0 Å². The molecule has 0 bridgehead atoms. The van der Waals surface area contributed by atoms with Crippen molar-refractivity contribution in [2.24, 2.45) is 0 Å². The number of anilines is 2. The molecule has 1 aliphatic rings. The Morgan fingerprint density at radius 3 is 2.57 bits per heavy atom. The van der Waals surface area contributed by atoms with E-state index in [0.29, 0.717) is 6.07 Å². The maximum Gasteiger partial charge on any atom is 0.221 e. The number of hydrogen-bond donors (Lipinski definition) is 2. The fourth-order valence-electron chi connectivity index (χ4n) is 3.11. The first-order valence-corrected chi connectivity index (χ1v) is 10.3. The summed E-state index contributed by atoms with van der Waals surface area (Å²) >= 11 is 0. The summed E-state index contributed by atoms with van der Waals surface area (Å²) < 4.78 is 52.7. The predicted octanol–water partition coefficient (Wildman–Crippen LogP) is 2.56. The molecule has 2 aromatic rings. The Balaban J connectivity index is 2.05. The second kappa shape index (κ2) is 8.24. The summed E-state index contributed by atoms with van der Waals surface area (Å²) in [5, 5.41) is 5.83. The zero-order valence-electron chi connectivity index (χ0n) is 15.3. The molecule has 0 aromatic heterocycles. The lowest BCUT2D eigenvalue weighted by atomic mass is 10.2. The molecule has 2 N–H and O–H groups in total. The first kappa shape index (κ1) is 20.2. The van der Waals surface area contributed by atoms with E-state index in [2.05, 4.69) is 15.5 Å². The van der Waals surface area contributed by atoms with E-state index in [4.69, 9.17) is 0 Å². The molecule has 0 radical (unpaired) electrons. The third kappa shape index (κ3) is 4.31. The summed E-state index contributed by atoms with van der Waals surface area (Å²) in [6.45, 7) is 4.51. The van der Waals surface area contributed by atoms with Crippen LogP contribution < -0.4 is 15.5 Å². The van der Waals surface area contributed by atoms with Crippen LogP contribution in [0.3, 0.4) is 0 Å². The highest BCUT2D eigenvalue weighted by Gasteiger charge is 2.24. The van der Waals surface area contributed by atoms with Crippen LogP contribution in [0.5, 0.6) is 0 Å². The second-order valence-electron chi connectivity index (χ2n) is 6.53. The third-order valence-corrected chi connectivity index (χ3v) is 6.28. The van der Waals surface area contributed by atoms with E-state index >= 15 is 0 Å². The number of amides is 1. The maximum atomic E-state index is 13.6. The minimum Gasteiger partial charge on any atom is -0.370 e. The number of nitrogens with one attached hydrogen (secondary N) is 2. The summed E-state index contributed by atoms with van der Waals surface area (Å²) in [6, 6.07) is 7.04. The quantitative estimate of drug-likeness (QED) is 0.759. The Labute approximate surface area is 162 Å². The van der Waals surface area contributed by atoms with E-state index in [1.165, 1.54) is 13.0 Å². The topological polar surface area (TPSA) is 78.5 Å². The Morgan fingerprint density at radius 2 is 1.86 bits per heavy atom. The van der Waals surface area contributed by atoms with Crippen molar-refractivity contribution >= 4 is 27.1 Å². The second-order valence-corrected chi connectivity index (χ2v) is 8.45. The molecule has 150 valence electrons. The van der Waals surface area contributed by atoms with Gasteiger partial charge in [0.25, 0.3) is 0 Å². The summed E-state index contributed by atoms with van der Waals surface area (Å²) in [5.41, 5.74) is 0.878. The molecule has 1 heterocycles. The normalized spacial score (nSPS) is 15.2. The van der Waals surface area contributed by atoms with Crippen LogP contribution in [-0.4, -0.2) is 40.5 Å². The Morgan fingerprint density at radius 1 is 1.07 bits per heavy atom. The van der Waals surface area contributed by atoms with Crippen LogP contribution in [0.4, 0.5) is 20.2 Å². The van der Waals surface area contributed by atoms with E-state index in [1.54, 1.807) is 12.1 Å². The molecule has 1 saturated heterocycles. The Hall–Kier alpha value is -2.52. The molecule has 9 heteroatoms. The number of benzene rings is 2. The highest BCUT2D eigenvalue weighted by Crippen LogP contribution is 2.32. The smallest absolute Gasteiger partial charge is 0.221 e. The molecule has 0 spiro atoms. The van der Waals surface area contributed by atoms with Gasteiger partial charge in [-0.3, -0.25) is 4.79 Å². The highest BCUT2D eigenvalue weighted by atomic mass is 32.2. The number of carbonyl (C=O) groups excluding carboxylic acids is 1. The average molecular weight is 409 g/mol. The lowest BCUT2D eigenvalue weighted by Crippen LogP contribution is -2.28. The minimum atomic E-state index is -4.16. The van der Waals surface area contributed by atoms with Crippen molar-refractivity contribution in [3.63, 3.8) is 0 Å². The first-order chi connectivity index (χ1) is 13.3. The molecular formula is C19H21F2N3O3S. The summed E-state index contributed by atoms with van der Waals surface area (Å²) in [4.78, 5) is 13.2. The third-order valence-electron chi connectivity index (χ3n) is 4.47. The van der Waals surface area contributed by atoms with E-state index in [-0.39, 0.29) is 15.5 Å². The lowest BCUT2D eigenvalue weighted by Gasteiger charge is -2.24. The average Bonchev–Trinajstić information content (AvgIpc) is 2.92. The lowest BCUT2D eigenvalue weighted by molar-refractivity contribution is -0.114. The van der Waals surface area contributed by atoms with Crippen LogP contribution in [0.2, 0.25) is 0 Å². The number of rotatable bonds is 4. The molecule has 3 rings (SSSR count). The van der Waals surface area contributed by atoms with E-state index < -0.39 is 27.4 Å². The molecule has 1 amide bonds. The van der Waals surface area contributed by atoms with Gasteiger partial charge in [-0.2, -0.15) is 0 Å². The molecule has 0 unspecified atom stereocenters. The molecule has 1 fully saturated rings. The van der Waals surface area contributed by atoms with Crippen molar-refractivity contribution in [2.45, 2.75) is 23.1 Å². The number of hydrogen-bond acceptors (Lipinski definition) is 5. The molecule has 6 nitrogen and oxygen atoms in total. The van der Waals surface area contributed by atoms with Gasteiger partial charge < -0.3 is 15.5 Å². The summed E-state index contributed by atoms with van der Waals surface area (Å²) in [5.74, 6) is -2.82. The monoisotopic (exact) mass is 409 g/mol. The molecule has 28 heavy (non-hydrogen) atoms. The molecule has 2 aromatic carbocycles. The van der Waals surface area contributed by atoms with Crippen LogP contribution in [-0.2, 0) is 14.6 Å².